The van der Waals surface area contributed by atoms with Crippen LogP contribution in [0.3, 0.4) is 0 Å². The lowest BCUT2D eigenvalue weighted by Crippen LogP contribution is -2.65. The number of aromatic nitrogens is 1. The van der Waals surface area contributed by atoms with Crippen LogP contribution in [0.5, 0.6) is 0 Å². The van der Waals surface area contributed by atoms with Crippen molar-refractivity contribution in [2.75, 3.05) is 39.8 Å². The highest BCUT2D eigenvalue weighted by Gasteiger charge is 2.62. The van der Waals surface area contributed by atoms with Crippen molar-refractivity contribution in [2.24, 2.45) is 28.6 Å². The van der Waals surface area contributed by atoms with Crippen LogP contribution in [0.2, 0.25) is 0 Å². The number of likely N-dealkylation sites (N-methyl/N-ethyl adjacent to an activating group) is 1. The maximum Gasteiger partial charge on any atom is 0.443 e. The van der Waals surface area contributed by atoms with E-state index in [-0.39, 0.29) is 59.6 Å². The third-order valence-corrected chi connectivity index (χ3v) is 11.0. The molecule has 2 aliphatic heterocycles. The molecule has 5 rings (SSSR count). The van der Waals surface area contributed by atoms with E-state index in [1.54, 1.807) is 11.8 Å². The summed E-state index contributed by atoms with van der Waals surface area (Å²) in [5.41, 5.74) is -0.865. The fourth-order valence-corrected chi connectivity index (χ4v) is 7.74. The van der Waals surface area contributed by atoms with Gasteiger partial charge in [0.05, 0.1) is 18.2 Å². The van der Waals surface area contributed by atoms with Gasteiger partial charge < -0.3 is 25.2 Å². The van der Waals surface area contributed by atoms with Crippen LogP contribution in [-0.4, -0.2) is 90.4 Å². The number of likely N-dealkylation sites (tertiary alicyclic amines) is 2. The lowest BCUT2D eigenvalue weighted by Gasteiger charge is -2.50. The summed E-state index contributed by atoms with van der Waals surface area (Å²) in [6.07, 6.45) is 2.03. The monoisotopic (exact) mass is 641 g/mol. The summed E-state index contributed by atoms with van der Waals surface area (Å²) < 4.78 is 45.6. The first kappa shape index (κ1) is 32.6. The molecular formula is C30H42F3N5O5S. The number of nitrogens with zero attached hydrogens (tertiary/aromatic N) is 3. The molecule has 3 heterocycles. The molecule has 0 unspecified atom stereocenters. The molecule has 4 amide bonds. The Morgan fingerprint density at radius 2 is 1.73 bits per heavy atom. The molecule has 2 N–H and O–H groups in total. The average Bonchev–Trinajstić information content (AvgIpc) is 3.31. The molecule has 1 spiro atoms. The van der Waals surface area contributed by atoms with E-state index in [2.05, 4.69) is 15.6 Å². The van der Waals surface area contributed by atoms with Gasteiger partial charge >= 0.3 is 6.18 Å². The quantitative estimate of drug-likeness (QED) is 0.427. The van der Waals surface area contributed by atoms with Gasteiger partial charge in [-0.15, -0.1) is 11.3 Å². The van der Waals surface area contributed by atoms with E-state index in [9.17, 15) is 32.3 Å². The number of halogens is 3. The summed E-state index contributed by atoms with van der Waals surface area (Å²) in [6, 6.07) is -0.987. The molecule has 1 aromatic heterocycles. The Bertz CT molecular complexity index is 1270. The number of thiazole rings is 1. The Morgan fingerprint density at radius 3 is 2.30 bits per heavy atom. The van der Waals surface area contributed by atoms with E-state index in [1.165, 1.54) is 18.4 Å². The lowest BCUT2D eigenvalue weighted by atomic mass is 9.70. The molecule has 2 saturated heterocycles. The Balaban J connectivity index is 1.31. The molecule has 4 fully saturated rings. The average molecular weight is 642 g/mol. The van der Waals surface area contributed by atoms with Gasteiger partial charge in [0.2, 0.25) is 17.7 Å². The molecule has 14 heteroatoms. The van der Waals surface area contributed by atoms with Crippen molar-refractivity contribution >= 4 is 35.0 Å². The van der Waals surface area contributed by atoms with Crippen molar-refractivity contribution in [1.82, 2.24) is 25.4 Å². The lowest BCUT2D eigenvalue weighted by molar-refractivity contribution is -0.152. The Kier molecular flexibility index (Phi) is 9.07. The highest BCUT2D eigenvalue weighted by molar-refractivity contribution is 7.13. The fraction of sp³-hybridized carbons (Fsp3) is 0.767. The Labute approximate surface area is 259 Å². The van der Waals surface area contributed by atoms with E-state index in [0.29, 0.717) is 12.5 Å². The molecule has 1 aromatic rings. The molecule has 2 saturated carbocycles. The maximum atomic E-state index is 13.9. The number of rotatable bonds is 9. The minimum Gasteiger partial charge on any atom is -0.376 e. The van der Waals surface area contributed by atoms with E-state index in [0.717, 1.165) is 38.3 Å². The normalized spacial score (nSPS) is 25.7. The van der Waals surface area contributed by atoms with Crippen LogP contribution in [-0.2, 0) is 25.3 Å². The summed E-state index contributed by atoms with van der Waals surface area (Å²) in [6.45, 7) is 6.81. The zero-order valence-electron chi connectivity index (χ0n) is 25.7. The fourth-order valence-electron chi connectivity index (χ4n) is 6.99. The zero-order valence-corrected chi connectivity index (χ0v) is 26.5. The SMILES string of the molecule is CNC(=O)[C@@H](NC(=O)[C@@H]1CN(C(=O)c2cnc(C(F)(F)F)s2)CC12CN(C(=O)[C@H]1CC1(C)C)C2)[C@@H](C)OCC1CCCCC1. The van der Waals surface area contributed by atoms with Crippen molar-refractivity contribution in [3.8, 4) is 0 Å². The van der Waals surface area contributed by atoms with Gasteiger partial charge in [0, 0.05) is 51.2 Å². The molecule has 244 valence electrons. The van der Waals surface area contributed by atoms with Crippen LogP contribution >= 0.6 is 11.3 Å². The second kappa shape index (κ2) is 12.2. The van der Waals surface area contributed by atoms with Gasteiger partial charge in [-0.1, -0.05) is 33.1 Å². The van der Waals surface area contributed by atoms with Crippen LogP contribution in [0.15, 0.2) is 6.20 Å². The van der Waals surface area contributed by atoms with Crippen molar-refractivity contribution in [3.63, 3.8) is 0 Å². The first-order valence-corrected chi connectivity index (χ1v) is 16.2. The molecule has 0 bridgehead atoms. The third-order valence-electron chi connectivity index (χ3n) is 9.96. The number of ether oxygens (including phenoxy) is 1. The Hall–Kier alpha value is -2.74. The molecular weight excluding hydrogens is 599 g/mol. The highest BCUT2D eigenvalue weighted by atomic mass is 32.1. The maximum absolute atomic E-state index is 13.9. The molecule has 2 aliphatic carbocycles. The van der Waals surface area contributed by atoms with Crippen LogP contribution < -0.4 is 10.6 Å². The highest BCUT2D eigenvalue weighted by Crippen LogP contribution is 2.54. The number of hydrogen-bond acceptors (Lipinski definition) is 7. The number of hydrogen-bond donors (Lipinski definition) is 2. The van der Waals surface area contributed by atoms with Crippen molar-refractivity contribution in [1.29, 1.82) is 0 Å². The smallest absolute Gasteiger partial charge is 0.376 e. The molecule has 4 aliphatic rings. The van der Waals surface area contributed by atoms with E-state index >= 15 is 0 Å². The van der Waals surface area contributed by atoms with Crippen molar-refractivity contribution < 1.29 is 37.1 Å². The van der Waals surface area contributed by atoms with Crippen molar-refractivity contribution in [3.05, 3.63) is 16.1 Å². The van der Waals surface area contributed by atoms with Gasteiger partial charge in [0.15, 0.2) is 5.01 Å². The van der Waals surface area contributed by atoms with Gasteiger partial charge in [0.25, 0.3) is 5.91 Å². The first-order valence-electron chi connectivity index (χ1n) is 15.4. The van der Waals surface area contributed by atoms with E-state index in [1.807, 2.05) is 13.8 Å². The summed E-state index contributed by atoms with van der Waals surface area (Å²) in [5.74, 6) is -1.98. The number of carbonyl (C=O) groups excluding carboxylic acids is 4. The molecule has 44 heavy (non-hydrogen) atoms. The van der Waals surface area contributed by atoms with Crippen LogP contribution in [0, 0.1) is 28.6 Å². The van der Waals surface area contributed by atoms with Crippen LogP contribution in [0.25, 0.3) is 0 Å². The summed E-state index contributed by atoms with van der Waals surface area (Å²) in [7, 11) is 1.48. The molecule has 4 atom stereocenters. The Morgan fingerprint density at radius 1 is 1.09 bits per heavy atom. The van der Waals surface area contributed by atoms with Gasteiger partial charge in [-0.2, -0.15) is 13.2 Å². The summed E-state index contributed by atoms with van der Waals surface area (Å²) in [5, 5.41) is 4.33. The predicted octanol–water partition coefficient (Wildman–Crippen LogP) is 3.32. The van der Waals surface area contributed by atoms with Gasteiger partial charge in [0.1, 0.15) is 10.9 Å². The molecule has 0 radical (unpaired) electrons. The van der Waals surface area contributed by atoms with Crippen molar-refractivity contribution in [2.45, 2.75) is 77.6 Å². The van der Waals surface area contributed by atoms with E-state index in [4.69, 9.17) is 4.74 Å². The minimum absolute atomic E-state index is 0.00908. The number of amides is 4. The number of alkyl halides is 3. The summed E-state index contributed by atoms with van der Waals surface area (Å²) >= 11 is 0.264. The number of carbonyl (C=O) groups is 4. The molecule has 0 aromatic carbocycles. The minimum atomic E-state index is -4.67. The summed E-state index contributed by atoms with van der Waals surface area (Å²) in [4.78, 5) is 59.6. The second-order valence-electron chi connectivity index (χ2n) is 13.7. The second-order valence-corrected chi connectivity index (χ2v) is 14.7. The largest absolute Gasteiger partial charge is 0.443 e. The van der Waals surface area contributed by atoms with Gasteiger partial charge in [-0.3, -0.25) is 19.2 Å². The first-order chi connectivity index (χ1) is 20.6. The van der Waals surface area contributed by atoms with Crippen LogP contribution in [0.1, 0.15) is 74.0 Å². The van der Waals surface area contributed by atoms with E-state index < -0.39 is 52.4 Å². The predicted molar refractivity (Wildman–Crippen MR) is 155 cm³/mol. The van der Waals surface area contributed by atoms with Gasteiger partial charge in [-0.05, 0) is 37.5 Å². The van der Waals surface area contributed by atoms with Gasteiger partial charge in [-0.25, -0.2) is 4.98 Å². The molecule has 10 nitrogen and oxygen atoms in total. The number of nitrogens with one attached hydrogen (secondary N) is 2. The topological polar surface area (TPSA) is 121 Å². The zero-order chi connectivity index (χ0) is 32.0. The standard InChI is InChI=1S/C30H42F3N5O5S/c1-17(43-13-18-8-6-5-7-9-18)22(24(40)34-4)36-23(39)20-12-37(26(42)21-11-35-27(44-21)30(31,32)33)14-29(20)15-38(16-29)25(41)19-10-28(19,2)3/h11,17-20,22H,5-10,12-16H2,1-4H3,(H,34,40)(H,36,39)/t17-,19-,20+,22+/m1/s1. The third kappa shape index (κ3) is 6.61. The van der Waals surface area contributed by atoms with Crippen LogP contribution in [0.4, 0.5) is 13.2 Å².